The Hall–Kier alpha value is -1.31. The highest BCUT2D eigenvalue weighted by Gasteiger charge is 2.26. The number of hydrogen-bond acceptors (Lipinski definition) is 5. The second-order valence-corrected chi connectivity index (χ2v) is 7.41. The van der Waals surface area contributed by atoms with E-state index in [4.69, 9.17) is 9.47 Å². The Morgan fingerprint density at radius 1 is 1.18 bits per heavy atom. The Morgan fingerprint density at radius 3 is 2.45 bits per heavy atom. The second kappa shape index (κ2) is 7.30. The van der Waals surface area contributed by atoms with Crippen LogP contribution in [0.15, 0.2) is 23.1 Å². The van der Waals surface area contributed by atoms with Gasteiger partial charge in [-0.2, -0.15) is 4.31 Å². The van der Waals surface area contributed by atoms with Crippen LogP contribution in [-0.2, 0) is 10.0 Å². The molecule has 2 rings (SSSR count). The van der Waals surface area contributed by atoms with Crippen molar-refractivity contribution >= 4 is 10.0 Å². The SMILES string of the molecule is COc1ccc(OC)c(S(=O)(=O)N(C)CCN2CCCC2)c1. The van der Waals surface area contributed by atoms with Gasteiger partial charge in [0.1, 0.15) is 16.4 Å². The summed E-state index contributed by atoms with van der Waals surface area (Å²) in [5.41, 5.74) is 0. The zero-order valence-electron chi connectivity index (χ0n) is 13.4. The molecule has 0 spiro atoms. The molecule has 0 saturated carbocycles. The molecule has 1 fully saturated rings. The second-order valence-electron chi connectivity index (χ2n) is 5.39. The zero-order chi connectivity index (χ0) is 16.2. The van der Waals surface area contributed by atoms with Gasteiger partial charge in [0.05, 0.1) is 14.2 Å². The maximum atomic E-state index is 12.8. The van der Waals surface area contributed by atoms with Gasteiger partial charge in [-0.05, 0) is 38.1 Å². The van der Waals surface area contributed by atoms with Gasteiger partial charge < -0.3 is 14.4 Å². The van der Waals surface area contributed by atoms with Crippen LogP contribution in [0.25, 0.3) is 0 Å². The van der Waals surface area contributed by atoms with Crippen LogP contribution in [0.2, 0.25) is 0 Å². The van der Waals surface area contributed by atoms with Gasteiger partial charge >= 0.3 is 0 Å². The van der Waals surface area contributed by atoms with Crippen LogP contribution in [0, 0.1) is 0 Å². The average Bonchev–Trinajstić information content (AvgIpc) is 3.05. The fourth-order valence-electron chi connectivity index (χ4n) is 2.56. The third-order valence-corrected chi connectivity index (χ3v) is 5.87. The summed E-state index contributed by atoms with van der Waals surface area (Å²) in [7, 11) is 0.970. The number of rotatable bonds is 7. The highest BCUT2D eigenvalue weighted by atomic mass is 32.2. The summed E-state index contributed by atoms with van der Waals surface area (Å²) in [5, 5.41) is 0. The maximum Gasteiger partial charge on any atom is 0.246 e. The number of benzene rings is 1. The molecular formula is C15H24N2O4S. The van der Waals surface area contributed by atoms with Gasteiger partial charge in [0.2, 0.25) is 10.0 Å². The Bertz CT molecular complexity index is 598. The van der Waals surface area contributed by atoms with E-state index in [-0.39, 0.29) is 4.90 Å². The van der Waals surface area contributed by atoms with Crippen molar-refractivity contribution in [1.82, 2.24) is 9.21 Å². The third-order valence-electron chi connectivity index (χ3n) is 3.99. The molecule has 0 amide bonds. The lowest BCUT2D eigenvalue weighted by Gasteiger charge is -2.22. The van der Waals surface area contributed by atoms with Gasteiger partial charge in [0.15, 0.2) is 0 Å². The van der Waals surface area contributed by atoms with E-state index < -0.39 is 10.0 Å². The van der Waals surface area contributed by atoms with Crippen LogP contribution in [0.5, 0.6) is 11.5 Å². The molecule has 1 aliphatic rings. The van der Waals surface area contributed by atoms with Crippen molar-refractivity contribution in [3.8, 4) is 11.5 Å². The summed E-state index contributed by atoms with van der Waals surface area (Å²) in [4.78, 5) is 2.42. The van der Waals surface area contributed by atoms with Crippen LogP contribution >= 0.6 is 0 Å². The normalized spacial score (nSPS) is 16.2. The summed E-state index contributed by atoms with van der Waals surface area (Å²) in [6.07, 6.45) is 2.39. The van der Waals surface area contributed by atoms with Crippen molar-refractivity contribution in [3.63, 3.8) is 0 Å². The summed E-state index contributed by atoms with van der Waals surface area (Å²) in [6, 6.07) is 4.79. The lowest BCUT2D eigenvalue weighted by molar-refractivity contribution is 0.309. The first-order valence-electron chi connectivity index (χ1n) is 7.39. The summed E-state index contributed by atoms with van der Waals surface area (Å²) >= 11 is 0. The van der Waals surface area contributed by atoms with Crippen LogP contribution in [0.3, 0.4) is 0 Å². The predicted octanol–water partition coefficient (Wildman–Crippen LogP) is 1.42. The van der Waals surface area contributed by atoms with Crippen molar-refractivity contribution in [2.75, 3.05) is 47.4 Å². The van der Waals surface area contributed by atoms with Crippen LogP contribution in [-0.4, -0.2) is 65.1 Å². The molecule has 0 radical (unpaired) electrons. The van der Waals surface area contributed by atoms with Crippen molar-refractivity contribution < 1.29 is 17.9 Å². The van der Waals surface area contributed by atoms with E-state index in [1.807, 2.05) is 0 Å². The molecule has 0 N–H and O–H groups in total. The molecule has 0 unspecified atom stereocenters. The van der Waals surface area contributed by atoms with E-state index in [0.717, 1.165) is 19.6 Å². The monoisotopic (exact) mass is 328 g/mol. The molecule has 22 heavy (non-hydrogen) atoms. The van der Waals surface area contributed by atoms with Gasteiger partial charge in [-0.1, -0.05) is 0 Å². The summed E-state index contributed by atoms with van der Waals surface area (Å²) in [6.45, 7) is 3.32. The first kappa shape index (κ1) is 17.1. The van der Waals surface area contributed by atoms with E-state index in [2.05, 4.69) is 4.90 Å². The molecule has 124 valence electrons. The molecule has 0 aromatic heterocycles. The smallest absolute Gasteiger partial charge is 0.246 e. The first-order chi connectivity index (χ1) is 10.5. The highest BCUT2D eigenvalue weighted by Crippen LogP contribution is 2.30. The standard InChI is InChI=1S/C15H24N2O4S/c1-16(10-11-17-8-4-5-9-17)22(18,19)15-12-13(20-2)6-7-14(15)21-3/h6-7,12H,4-5,8-11H2,1-3H3. The molecule has 1 heterocycles. The molecule has 7 heteroatoms. The largest absolute Gasteiger partial charge is 0.497 e. The number of likely N-dealkylation sites (tertiary alicyclic amines) is 1. The van der Waals surface area contributed by atoms with Gasteiger partial charge in [0, 0.05) is 26.2 Å². The van der Waals surface area contributed by atoms with E-state index in [1.54, 1.807) is 19.2 Å². The Balaban J connectivity index is 2.17. The third kappa shape index (κ3) is 3.71. The van der Waals surface area contributed by atoms with Gasteiger partial charge in [-0.15, -0.1) is 0 Å². The molecule has 1 saturated heterocycles. The van der Waals surface area contributed by atoms with Crippen molar-refractivity contribution in [3.05, 3.63) is 18.2 Å². The van der Waals surface area contributed by atoms with Gasteiger partial charge in [0.25, 0.3) is 0 Å². The quantitative estimate of drug-likeness (QED) is 0.758. The van der Waals surface area contributed by atoms with E-state index in [9.17, 15) is 8.42 Å². The molecule has 6 nitrogen and oxygen atoms in total. The Labute approximate surface area is 132 Å². The Morgan fingerprint density at radius 2 is 1.86 bits per heavy atom. The van der Waals surface area contributed by atoms with E-state index >= 15 is 0 Å². The lowest BCUT2D eigenvalue weighted by Crippen LogP contribution is -2.35. The van der Waals surface area contributed by atoms with Gasteiger partial charge in [-0.3, -0.25) is 0 Å². The number of ether oxygens (including phenoxy) is 2. The van der Waals surface area contributed by atoms with Crippen LogP contribution < -0.4 is 9.47 Å². The minimum Gasteiger partial charge on any atom is -0.497 e. The molecular weight excluding hydrogens is 304 g/mol. The number of hydrogen-bond donors (Lipinski definition) is 0. The fourth-order valence-corrected chi connectivity index (χ4v) is 3.89. The fraction of sp³-hybridized carbons (Fsp3) is 0.600. The number of likely N-dealkylation sites (N-methyl/N-ethyl adjacent to an activating group) is 1. The minimum atomic E-state index is -3.60. The molecule has 0 aliphatic carbocycles. The Kier molecular flexibility index (Phi) is 5.66. The average molecular weight is 328 g/mol. The maximum absolute atomic E-state index is 12.8. The highest BCUT2D eigenvalue weighted by molar-refractivity contribution is 7.89. The van der Waals surface area contributed by atoms with Crippen LogP contribution in [0.1, 0.15) is 12.8 Å². The molecule has 1 aromatic carbocycles. The first-order valence-corrected chi connectivity index (χ1v) is 8.83. The minimum absolute atomic E-state index is 0.137. The number of methoxy groups -OCH3 is 2. The van der Waals surface area contributed by atoms with E-state index in [0.29, 0.717) is 18.0 Å². The van der Waals surface area contributed by atoms with E-state index in [1.165, 1.54) is 37.4 Å². The van der Waals surface area contributed by atoms with Gasteiger partial charge in [-0.25, -0.2) is 8.42 Å². The molecule has 0 bridgehead atoms. The van der Waals surface area contributed by atoms with Crippen molar-refractivity contribution in [2.24, 2.45) is 0 Å². The van der Waals surface area contributed by atoms with Crippen molar-refractivity contribution in [1.29, 1.82) is 0 Å². The summed E-state index contributed by atoms with van der Waals surface area (Å²) < 4.78 is 37.2. The number of nitrogens with zero attached hydrogens (tertiary/aromatic N) is 2. The number of sulfonamides is 1. The predicted molar refractivity (Wildman–Crippen MR) is 85.0 cm³/mol. The van der Waals surface area contributed by atoms with Crippen LogP contribution in [0.4, 0.5) is 0 Å². The summed E-state index contributed by atoms with van der Waals surface area (Å²) in [5.74, 6) is 0.821. The molecule has 0 atom stereocenters. The molecule has 1 aliphatic heterocycles. The lowest BCUT2D eigenvalue weighted by atomic mass is 10.3. The molecule has 1 aromatic rings. The zero-order valence-corrected chi connectivity index (χ0v) is 14.2. The topological polar surface area (TPSA) is 59.1 Å². The van der Waals surface area contributed by atoms with Crippen molar-refractivity contribution in [2.45, 2.75) is 17.7 Å².